The zero-order chi connectivity index (χ0) is 11.3. The van der Waals surface area contributed by atoms with Gasteiger partial charge < -0.3 is 5.32 Å². The number of carbonyl (C=O) groups is 1. The van der Waals surface area contributed by atoms with Gasteiger partial charge in [-0.1, -0.05) is 15.9 Å². The summed E-state index contributed by atoms with van der Waals surface area (Å²) in [6.07, 6.45) is 3.68. The van der Waals surface area contributed by atoms with Crippen molar-refractivity contribution >= 4 is 21.8 Å². The van der Waals surface area contributed by atoms with Crippen molar-refractivity contribution in [1.82, 2.24) is 15.1 Å². The third-order valence-electron chi connectivity index (χ3n) is 2.33. The van der Waals surface area contributed by atoms with Crippen LogP contribution in [0.4, 0.5) is 0 Å². The number of aromatic nitrogens is 2. The molecule has 0 atom stereocenters. The molecule has 0 fully saturated rings. The van der Waals surface area contributed by atoms with Crippen molar-refractivity contribution in [2.45, 2.75) is 19.8 Å². The Labute approximate surface area is 98.2 Å². The molecule has 0 radical (unpaired) electrons. The van der Waals surface area contributed by atoms with E-state index >= 15 is 0 Å². The Kier molecular flexibility index (Phi) is 4.81. The molecular formula is C10H16BrN3O. The van der Waals surface area contributed by atoms with Gasteiger partial charge >= 0.3 is 0 Å². The second-order valence-corrected chi connectivity index (χ2v) is 4.21. The van der Waals surface area contributed by atoms with Gasteiger partial charge in [-0.15, -0.1) is 0 Å². The van der Waals surface area contributed by atoms with Gasteiger partial charge in [-0.2, -0.15) is 5.10 Å². The molecule has 0 aliphatic rings. The summed E-state index contributed by atoms with van der Waals surface area (Å²) in [5, 5.41) is 7.89. The molecule has 1 heterocycles. The zero-order valence-corrected chi connectivity index (χ0v) is 10.7. The molecule has 0 aliphatic carbocycles. The van der Waals surface area contributed by atoms with E-state index in [1.807, 2.05) is 14.0 Å². The standard InChI is InChI=1S/C10H16BrN3O/c1-8-9(7-13-14(8)2)10(15)12-6-4-3-5-11/h7H,3-6H2,1-2H3,(H,12,15). The Hall–Kier alpha value is -0.840. The summed E-state index contributed by atoms with van der Waals surface area (Å²) in [4.78, 5) is 11.7. The minimum atomic E-state index is -0.0322. The number of halogens is 1. The zero-order valence-electron chi connectivity index (χ0n) is 9.09. The first-order valence-electron chi connectivity index (χ1n) is 4.99. The number of carbonyl (C=O) groups excluding carboxylic acids is 1. The predicted octanol–water partition coefficient (Wildman–Crippen LogP) is 1.63. The lowest BCUT2D eigenvalue weighted by Gasteiger charge is -2.03. The van der Waals surface area contributed by atoms with E-state index in [4.69, 9.17) is 0 Å². The molecule has 1 rings (SSSR count). The molecule has 0 saturated carbocycles. The van der Waals surface area contributed by atoms with Crippen LogP contribution in [0.2, 0.25) is 0 Å². The van der Waals surface area contributed by atoms with Gasteiger partial charge in [-0.25, -0.2) is 0 Å². The maximum absolute atomic E-state index is 11.7. The smallest absolute Gasteiger partial charge is 0.254 e. The third kappa shape index (κ3) is 3.34. The lowest BCUT2D eigenvalue weighted by atomic mass is 10.2. The van der Waals surface area contributed by atoms with Gasteiger partial charge in [0, 0.05) is 24.6 Å². The van der Waals surface area contributed by atoms with Gasteiger partial charge in [-0.3, -0.25) is 9.48 Å². The Morgan fingerprint density at radius 1 is 1.60 bits per heavy atom. The molecule has 15 heavy (non-hydrogen) atoms. The van der Waals surface area contributed by atoms with Crippen molar-refractivity contribution in [3.05, 3.63) is 17.5 Å². The first-order valence-corrected chi connectivity index (χ1v) is 6.11. The number of amides is 1. The molecule has 1 aromatic heterocycles. The fourth-order valence-electron chi connectivity index (χ4n) is 1.24. The molecule has 0 spiro atoms. The molecule has 0 saturated heterocycles. The minimum absolute atomic E-state index is 0.0322. The van der Waals surface area contributed by atoms with Crippen LogP contribution in [-0.2, 0) is 7.05 Å². The van der Waals surface area contributed by atoms with Crippen LogP contribution in [0.25, 0.3) is 0 Å². The van der Waals surface area contributed by atoms with E-state index in [1.165, 1.54) is 0 Å². The van der Waals surface area contributed by atoms with Crippen molar-refractivity contribution in [3.63, 3.8) is 0 Å². The van der Waals surface area contributed by atoms with Crippen LogP contribution in [0.3, 0.4) is 0 Å². The van der Waals surface area contributed by atoms with Crippen molar-refractivity contribution < 1.29 is 4.79 Å². The summed E-state index contributed by atoms with van der Waals surface area (Å²) < 4.78 is 1.70. The number of nitrogens with zero attached hydrogens (tertiary/aromatic N) is 2. The molecule has 0 unspecified atom stereocenters. The van der Waals surface area contributed by atoms with Crippen LogP contribution in [0.5, 0.6) is 0 Å². The van der Waals surface area contributed by atoms with E-state index in [9.17, 15) is 4.79 Å². The van der Waals surface area contributed by atoms with E-state index < -0.39 is 0 Å². The van der Waals surface area contributed by atoms with Gasteiger partial charge in [0.2, 0.25) is 0 Å². The van der Waals surface area contributed by atoms with E-state index in [1.54, 1.807) is 10.9 Å². The second kappa shape index (κ2) is 5.90. The number of rotatable bonds is 5. The lowest BCUT2D eigenvalue weighted by molar-refractivity contribution is 0.0952. The van der Waals surface area contributed by atoms with Gasteiger partial charge in [0.15, 0.2) is 0 Å². The SMILES string of the molecule is Cc1c(C(=O)NCCCCBr)cnn1C. The number of hydrogen-bond donors (Lipinski definition) is 1. The Morgan fingerprint density at radius 3 is 2.87 bits per heavy atom. The molecule has 1 amide bonds. The van der Waals surface area contributed by atoms with E-state index in [-0.39, 0.29) is 5.91 Å². The third-order valence-corrected chi connectivity index (χ3v) is 2.89. The summed E-state index contributed by atoms with van der Waals surface area (Å²) in [6.45, 7) is 2.61. The Balaban J connectivity index is 2.44. The van der Waals surface area contributed by atoms with Gasteiger partial charge in [0.1, 0.15) is 0 Å². The van der Waals surface area contributed by atoms with Crippen LogP contribution in [0.1, 0.15) is 28.9 Å². The van der Waals surface area contributed by atoms with Crippen LogP contribution in [0.15, 0.2) is 6.20 Å². The van der Waals surface area contributed by atoms with Crippen LogP contribution in [0, 0.1) is 6.92 Å². The molecule has 5 heteroatoms. The Morgan fingerprint density at radius 2 is 2.33 bits per heavy atom. The second-order valence-electron chi connectivity index (χ2n) is 3.42. The van der Waals surface area contributed by atoms with Gasteiger partial charge in [0.25, 0.3) is 5.91 Å². The normalized spacial score (nSPS) is 10.3. The average molecular weight is 274 g/mol. The van der Waals surface area contributed by atoms with E-state index in [0.717, 1.165) is 30.4 Å². The molecule has 1 N–H and O–H groups in total. The highest BCUT2D eigenvalue weighted by Crippen LogP contribution is 2.04. The van der Waals surface area contributed by atoms with E-state index in [0.29, 0.717) is 5.56 Å². The first kappa shape index (κ1) is 12.2. The monoisotopic (exact) mass is 273 g/mol. The summed E-state index contributed by atoms with van der Waals surface area (Å²) in [5.41, 5.74) is 1.56. The van der Waals surface area contributed by atoms with Crippen molar-refractivity contribution in [1.29, 1.82) is 0 Å². The summed E-state index contributed by atoms with van der Waals surface area (Å²) in [6, 6.07) is 0. The predicted molar refractivity (Wildman–Crippen MR) is 63.3 cm³/mol. The van der Waals surface area contributed by atoms with Crippen molar-refractivity contribution in [3.8, 4) is 0 Å². The van der Waals surface area contributed by atoms with Gasteiger partial charge in [-0.05, 0) is 19.8 Å². The van der Waals surface area contributed by atoms with E-state index in [2.05, 4.69) is 26.3 Å². The molecule has 0 bridgehead atoms. The number of unbranched alkanes of at least 4 members (excludes halogenated alkanes) is 1. The van der Waals surface area contributed by atoms with Crippen LogP contribution >= 0.6 is 15.9 Å². The number of alkyl halides is 1. The molecule has 0 aromatic carbocycles. The van der Waals surface area contributed by atoms with Crippen LogP contribution in [-0.4, -0.2) is 27.6 Å². The number of hydrogen-bond acceptors (Lipinski definition) is 2. The average Bonchev–Trinajstić information content (AvgIpc) is 2.55. The Bertz CT molecular complexity index is 335. The van der Waals surface area contributed by atoms with Crippen molar-refractivity contribution in [2.75, 3.05) is 11.9 Å². The molecule has 84 valence electrons. The maximum atomic E-state index is 11.7. The largest absolute Gasteiger partial charge is 0.352 e. The molecule has 4 nitrogen and oxygen atoms in total. The van der Waals surface area contributed by atoms with Crippen molar-refractivity contribution in [2.24, 2.45) is 7.05 Å². The fraction of sp³-hybridized carbons (Fsp3) is 0.600. The highest BCUT2D eigenvalue weighted by molar-refractivity contribution is 9.09. The summed E-state index contributed by atoms with van der Waals surface area (Å²) >= 11 is 3.35. The molecule has 0 aliphatic heterocycles. The number of nitrogens with one attached hydrogen (secondary N) is 1. The topological polar surface area (TPSA) is 46.9 Å². The lowest BCUT2D eigenvalue weighted by Crippen LogP contribution is -2.24. The summed E-state index contributed by atoms with van der Waals surface area (Å²) in [5.74, 6) is -0.0322. The first-order chi connectivity index (χ1) is 7.16. The molecule has 1 aromatic rings. The number of aryl methyl sites for hydroxylation is 1. The maximum Gasteiger partial charge on any atom is 0.254 e. The minimum Gasteiger partial charge on any atom is -0.352 e. The van der Waals surface area contributed by atoms with Crippen LogP contribution < -0.4 is 5.32 Å². The highest BCUT2D eigenvalue weighted by Gasteiger charge is 2.11. The molecular weight excluding hydrogens is 258 g/mol. The highest BCUT2D eigenvalue weighted by atomic mass is 79.9. The van der Waals surface area contributed by atoms with Gasteiger partial charge in [0.05, 0.1) is 11.8 Å². The summed E-state index contributed by atoms with van der Waals surface area (Å²) in [7, 11) is 1.83. The quantitative estimate of drug-likeness (QED) is 0.655. The fourth-order valence-corrected chi connectivity index (χ4v) is 1.63.